The van der Waals surface area contributed by atoms with Crippen LogP contribution in [0.5, 0.6) is 0 Å². The second-order valence-corrected chi connectivity index (χ2v) is 5.15. The normalized spacial score (nSPS) is 14.1. The summed E-state index contributed by atoms with van der Waals surface area (Å²) in [4.78, 5) is 23.5. The molecule has 0 saturated carbocycles. The van der Waals surface area contributed by atoms with Gasteiger partial charge in [0.15, 0.2) is 0 Å². The van der Waals surface area contributed by atoms with E-state index in [1.165, 1.54) is 10.8 Å². The Bertz CT molecular complexity index is 417. The first kappa shape index (κ1) is 9.61. The highest BCUT2D eigenvalue weighted by Gasteiger charge is 2.29. The molecular formula is C9H7NO2S2. The summed E-state index contributed by atoms with van der Waals surface area (Å²) < 4.78 is 0. The van der Waals surface area contributed by atoms with Crippen LogP contribution >= 0.6 is 21.6 Å². The van der Waals surface area contributed by atoms with Crippen LogP contribution in [0.25, 0.3) is 0 Å². The summed E-state index contributed by atoms with van der Waals surface area (Å²) in [6.07, 6.45) is 1.93. The van der Waals surface area contributed by atoms with Crippen molar-refractivity contribution < 1.29 is 9.59 Å². The van der Waals surface area contributed by atoms with Gasteiger partial charge in [-0.2, -0.15) is 0 Å². The highest BCUT2D eigenvalue weighted by atomic mass is 33.1. The molecule has 0 saturated heterocycles. The lowest BCUT2D eigenvalue weighted by atomic mass is 10.1. The Morgan fingerprint density at radius 1 is 1.21 bits per heavy atom. The number of carbonyl (C=O) groups excluding carboxylic acids is 2. The fourth-order valence-corrected chi connectivity index (χ4v) is 2.90. The number of amides is 2. The van der Waals surface area contributed by atoms with Crippen molar-refractivity contribution in [1.82, 2.24) is 5.32 Å². The molecule has 1 aliphatic rings. The van der Waals surface area contributed by atoms with Gasteiger partial charge in [0, 0.05) is 4.90 Å². The molecule has 0 spiro atoms. The first-order chi connectivity index (χ1) is 6.74. The van der Waals surface area contributed by atoms with Gasteiger partial charge in [-0.05, 0) is 18.4 Å². The number of nitrogens with one attached hydrogen (secondary N) is 1. The summed E-state index contributed by atoms with van der Waals surface area (Å²) >= 11 is 0. The summed E-state index contributed by atoms with van der Waals surface area (Å²) in [5.74, 6) is -0.587. The van der Waals surface area contributed by atoms with Gasteiger partial charge in [-0.25, -0.2) is 0 Å². The molecule has 0 atom stereocenters. The predicted molar refractivity (Wildman–Crippen MR) is 57.6 cm³/mol. The Labute approximate surface area is 89.0 Å². The van der Waals surface area contributed by atoms with E-state index in [9.17, 15) is 9.59 Å². The summed E-state index contributed by atoms with van der Waals surface area (Å²) in [5, 5.41) is 2.28. The molecule has 1 heterocycles. The minimum absolute atomic E-state index is 0.290. The maximum Gasteiger partial charge on any atom is 0.260 e. The number of carbonyl (C=O) groups is 2. The van der Waals surface area contributed by atoms with Crippen LogP contribution in [0.15, 0.2) is 23.1 Å². The highest BCUT2D eigenvalue weighted by Crippen LogP contribution is 2.34. The zero-order chi connectivity index (χ0) is 10.1. The largest absolute Gasteiger partial charge is 0.288 e. The van der Waals surface area contributed by atoms with Gasteiger partial charge >= 0.3 is 0 Å². The molecule has 0 fully saturated rings. The lowest BCUT2D eigenvalue weighted by Gasteiger charge is -2.01. The second kappa shape index (κ2) is 3.67. The van der Waals surface area contributed by atoms with E-state index in [0.29, 0.717) is 11.1 Å². The second-order valence-electron chi connectivity index (χ2n) is 2.71. The molecule has 1 aliphatic heterocycles. The van der Waals surface area contributed by atoms with E-state index in [4.69, 9.17) is 0 Å². The van der Waals surface area contributed by atoms with Gasteiger partial charge < -0.3 is 0 Å². The number of rotatable bonds is 2. The smallest absolute Gasteiger partial charge is 0.260 e. The van der Waals surface area contributed by atoms with Crippen LogP contribution in [0.4, 0.5) is 0 Å². The molecule has 2 rings (SSSR count). The highest BCUT2D eigenvalue weighted by molar-refractivity contribution is 8.76. The summed E-state index contributed by atoms with van der Waals surface area (Å²) in [6, 6.07) is 5.30. The maximum atomic E-state index is 11.4. The molecule has 0 aliphatic carbocycles. The third-order valence-corrected chi connectivity index (χ3v) is 3.62. The molecular weight excluding hydrogens is 218 g/mol. The molecule has 2 amide bonds. The predicted octanol–water partition coefficient (Wildman–Crippen LogP) is 1.94. The fraction of sp³-hybridized carbons (Fsp3) is 0.111. The molecule has 0 aromatic heterocycles. The van der Waals surface area contributed by atoms with Crippen LogP contribution in [-0.4, -0.2) is 18.1 Å². The third-order valence-electron chi connectivity index (χ3n) is 1.90. The number of hydrogen-bond donors (Lipinski definition) is 1. The summed E-state index contributed by atoms with van der Waals surface area (Å²) in [5.41, 5.74) is 0.992. The lowest BCUT2D eigenvalue weighted by molar-refractivity contribution is 0.0879. The average Bonchev–Trinajstić information content (AvgIpc) is 2.44. The van der Waals surface area contributed by atoms with Crippen molar-refractivity contribution in [2.24, 2.45) is 0 Å². The number of hydrogen-bond acceptors (Lipinski definition) is 4. The Morgan fingerprint density at radius 3 is 2.71 bits per heavy atom. The van der Waals surface area contributed by atoms with E-state index in [1.54, 1.807) is 22.9 Å². The summed E-state index contributed by atoms with van der Waals surface area (Å²) in [6.45, 7) is 0. The summed E-state index contributed by atoms with van der Waals surface area (Å²) in [7, 11) is 3.04. The molecule has 0 unspecified atom stereocenters. The minimum atomic E-state index is -0.298. The van der Waals surface area contributed by atoms with Crippen LogP contribution in [-0.2, 0) is 0 Å². The lowest BCUT2D eigenvalue weighted by Crippen LogP contribution is -2.20. The fourth-order valence-electron chi connectivity index (χ4n) is 1.35. The van der Waals surface area contributed by atoms with Crippen LogP contribution in [0, 0.1) is 0 Å². The Hall–Kier alpha value is -0.940. The van der Waals surface area contributed by atoms with Crippen LogP contribution < -0.4 is 5.32 Å². The standard InChI is InChI=1S/C9H7NO2S2/c1-13-14-6-4-2-3-5-7(6)9(12)10-8(5)11/h2-4H,1H3,(H,10,11,12). The minimum Gasteiger partial charge on any atom is -0.288 e. The molecule has 5 heteroatoms. The first-order valence-corrected chi connectivity index (χ1v) is 6.49. The van der Waals surface area contributed by atoms with E-state index in [2.05, 4.69) is 5.32 Å². The Morgan fingerprint density at radius 2 is 2.00 bits per heavy atom. The molecule has 1 N–H and O–H groups in total. The van der Waals surface area contributed by atoms with Gasteiger partial charge in [0.05, 0.1) is 11.1 Å². The van der Waals surface area contributed by atoms with Gasteiger partial charge in [-0.3, -0.25) is 14.9 Å². The van der Waals surface area contributed by atoms with Crippen molar-refractivity contribution in [1.29, 1.82) is 0 Å². The number of benzene rings is 1. The van der Waals surface area contributed by atoms with Crippen LogP contribution in [0.3, 0.4) is 0 Å². The van der Waals surface area contributed by atoms with Crippen molar-refractivity contribution in [3.63, 3.8) is 0 Å². The molecule has 0 bridgehead atoms. The van der Waals surface area contributed by atoms with E-state index in [-0.39, 0.29) is 11.8 Å². The van der Waals surface area contributed by atoms with Crippen LogP contribution in [0.2, 0.25) is 0 Å². The van der Waals surface area contributed by atoms with Crippen molar-refractivity contribution in [2.75, 3.05) is 6.26 Å². The van der Waals surface area contributed by atoms with Gasteiger partial charge in [0.25, 0.3) is 11.8 Å². The Balaban J connectivity index is 2.56. The first-order valence-electron chi connectivity index (χ1n) is 3.93. The molecule has 1 aromatic carbocycles. The zero-order valence-electron chi connectivity index (χ0n) is 7.37. The van der Waals surface area contributed by atoms with Crippen molar-refractivity contribution in [3.8, 4) is 0 Å². The monoisotopic (exact) mass is 225 g/mol. The van der Waals surface area contributed by atoms with E-state index < -0.39 is 0 Å². The maximum absolute atomic E-state index is 11.4. The average molecular weight is 225 g/mol. The zero-order valence-corrected chi connectivity index (χ0v) is 9.00. The van der Waals surface area contributed by atoms with Gasteiger partial charge in [0.1, 0.15) is 0 Å². The van der Waals surface area contributed by atoms with Gasteiger partial charge in [-0.15, -0.1) is 0 Å². The molecule has 3 nitrogen and oxygen atoms in total. The Kier molecular flexibility index (Phi) is 2.52. The quantitative estimate of drug-likeness (QED) is 0.617. The van der Waals surface area contributed by atoms with Crippen molar-refractivity contribution >= 4 is 33.4 Å². The number of fused-ring (bicyclic) bond motifs is 1. The SMILES string of the molecule is CSSc1cccc2c1C(=O)NC2=O. The van der Waals surface area contributed by atoms with Gasteiger partial charge in [0.2, 0.25) is 0 Å². The topological polar surface area (TPSA) is 46.2 Å². The van der Waals surface area contributed by atoms with E-state index in [0.717, 1.165) is 4.90 Å². The van der Waals surface area contributed by atoms with Crippen LogP contribution in [0.1, 0.15) is 20.7 Å². The molecule has 0 radical (unpaired) electrons. The third kappa shape index (κ3) is 1.42. The molecule has 72 valence electrons. The number of imide groups is 1. The molecule has 14 heavy (non-hydrogen) atoms. The van der Waals surface area contributed by atoms with E-state index >= 15 is 0 Å². The van der Waals surface area contributed by atoms with Gasteiger partial charge in [-0.1, -0.05) is 27.7 Å². The molecule has 1 aromatic rings. The van der Waals surface area contributed by atoms with Crippen molar-refractivity contribution in [3.05, 3.63) is 29.3 Å². The van der Waals surface area contributed by atoms with Crippen molar-refractivity contribution in [2.45, 2.75) is 4.90 Å². The van der Waals surface area contributed by atoms with E-state index in [1.807, 2.05) is 12.3 Å².